The highest BCUT2D eigenvalue weighted by Gasteiger charge is 2.68. The molecule has 1 heterocycles. The molecule has 2 aliphatic rings. The Hall–Kier alpha value is -3.19. The Kier molecular flexibility index (Phi) is 6.15. The summed E-state index contributed by atoms with van der Waals surface area (Å²) in [5.41, 5.74) is 1.56. The van der Waals surface area contributed by atoms with Crippen LogP contribution >= 0.6 is 11.6 Å². The summed E-state index contributed by atoms with van der Waals surface area (Å²) in [5, 5.41) is 3.49. The molecule has 2 aliphatic carbocycles. The average molecular weight is 507 g/mol. The Morgan fingerprint density at radius 2 is 1.78 bits per heavy atom. The number of nitrogens with zero attached hydrogens (tertiary/aromatic N) is 2. The van der Waals surface area contributed by atoms with Crippen LogP contribution in [-0.4, -0.2) is 27.5 Å². The van der Waals surface area contributed by atoms with Gasteiger partial charge in [0.25, 0.3) is 0 Å². The highest BCUT2D eigenvalue weighted by atomic mass is 35.5. The van der Waals surface area contributed by atoms with E-state index in [9.17, 15) is 9.59 Å². The van der Waals surface area contributed by atoms with Crippen molar-refractivity contribution in [3.05, 3.63) is 63.5 Å². The second kappa shape index (κ2) is 9.04. The number of H-pyrrole nitrogens is 1. The van der Waals surface area contributed by atoms with E-state index < -0.39 is 5.69 Å². The molecule has 2 aromatic carbocycles. The van der Waals surface area contributed by atoms with E-state index in [1.807, 2.05) is 36.4 Å². The number of aromatic amines is 1. The number of carbonyl (C=O) groups excluding carboxylic acids is 1. The second-order valence-electron chi connectivity index (χ2n) is 11.0. The van der Waals surface area contributed by atoms with Crippen molar-refractivity contribution in [3.8, 4) is 28.5 Å². The van der Waals surface area contributed by atoms with Gasteiger partial charge in [-0.1, -0.05) is 45.4 Å². The van der Waals surface area contributed by atoms with Gasteiger partial charge in [-0.3, -0.25) is 9.78 Å². The minimum Gasteiger partial charge on any atom is -0.493 e. The molecule has 2 fully saturated rings. The normalized spacial score (nSPS) is 18.0. The van der Waals surface area contributed by atoms with E-state index in [4.69, 9.17) is 16.3 Å². The number of halogens is 1. The lowest BCUT2D eigenvalue weighted by Crippen LogP contribution is -2.26. The highest BCUT2D eigenvalue weighted by Crippen LogP contribution is 2.68. The monoisotopic (exact) mass is 506 g/mol. The molecule has 0 atom stereocenters. The van der Waals surface area contributed by atoms with Crippen molar-refractivity contribution in [1.82, 2.24) is 20.3 Å². The van der Waals surface area contributed by atoms with Gasteiger partial charge in [0.2, 0.25) is 5.91 Å². The Morgan fingerprint density at radius 1 is 1.08 bits per heavy atom. The fourth-order valence-corrected chi connectivity index (χ4v) is 5.05. The zero-order valence-electron chi connectivity index (χ0n) is 21.0. The summed E-state index contributed by atoms with van der Waals surface area (Å²) in [4.78, 5) is 36.5. The van der Waals surface area contributed by atoms with E-state index in [2.05, 4.69) is 48.0 Å². The molecule has 7 nitrogen and oxygen atoms in total. The molecule has 36 heavy (non-hydrogen) atoms. The van der Waals surface area contributed by atoms with E-state index in [1.54, 1.807) is 6.07 Å². The lowest BCUT2D eigenvalue weighted by molar-refractivity contribution is -0.123. The molecule has 8 heteroatoms. The molecule has 1 aromatic heterocycles. The number of nitrogens with one attached hydrogen (secondary N) is 2. The van der Waals surface area contributed by atoms with E-state index in [0.717, 1.165) is 17.9 Å². The molecule has 0 spiro atoms. The smallest absolute Gasteiger partial charge is 0.348 e. The van der Waals surface area contributed by atoms with Crippen LogP contribution in [0.15, 0.2) is 47.3 Å². The third-order valence-corrected chi connectivity index (χ3v) is 8.31. The molecule has 0 saturated heterocycles. The quantitative estimate of drug-likeness (QED) is 0.435. The summed E-state index contributed by atoms with van der Waals surface area (Å²) < 4.78 is 5.79. The Balaban J connectivity index is 1.34. The van der Waals surface area contributed by atoms with Crippen molar-refractivity contribution in [2.45, 2.75) is 47.1 Å². The SMILES string of the molecule is CC1(C)C(C(=O)NCc2ccc(Cl)c(-c3nc(-c4ccc(OCC5CC5)cc4)nc(=O)[nH]3)c2)C1(C)C. The van der Waals surface area contributed by atoms with Gasteiger partial charge in [-0.15, -0.1) is 0 Å². The summed E-state index contributed by atoms with van der Waals surface area (Å²) in [6.07, 6.45) is 2.46. The molecule has 3 aromatic rings. The van der Waals surface area contributed by atoms with Crippen molar-refractivity contribution < 1.29 is 9.53 Å². The second-order valence-corrected chi connectivity index (χ2v) is 11.4. The third kappa shape index (κ3) is 4.76. The number of hydrogen-bond donors (Lipinski definition) is 2. The summed E-state index contributed by atoms with van der Waals surface area (Å²) in [6.45, 7) is 9.57. The van der Waals surface area contributed by atoms with Gasteiger partial charge in [0.05, 0.1) is 11.6 Å². The largest absolute Gasteiger partial charge is 0.493 e. The van der Waals surface area contributed by atoms with Crippen LogP contribution in [0.25, 0.3) is 22.8 Å². The minimum absolute atomic E-state index is 0.0250. The van der Waals surface area contributed by atoms with Gasteiger partial charge in [-0.05, 0) is 71.6 Å². The summed E-state index contributed by atoms with van der Waals surface area (Å²) >= 11 is 6.48. The first-order valence-electron chi connectivity index (χ1n) is 12.3. The van der Waals surface area contributed by atoms with Crippen molar-refractivity contribution in [2.24, 2.45) is 22.7 Å². The fourth-order valence-electron chi connectivity index (χ4n) is 4.85. The molecule has 2 saturated carbocycles. The lowest BCUT2D eigenvalue weighted by atomic mass is 10.0. The molecule has 2 N–H and O–H groups in total. The molecular weight excluding hydrogens is 476 g/mol. The molecule has 0 aliphatic heterocycles. The maximum Gasteiger partial charge on any atom is 0.348 e. The minimum atomic E-state index is -0.517. The Bertz CT molecular complexity index is 1350. The Labute approximate surface area is 215 Å². The number of aromatic nitrogens is 3. The van der Waals surface area contributed by atoms with Gasteiger partial charge in [0.15, 0.2) is 5.82 Å². The predicted molar refractivity (Wildman–Crippen MR) is 140 cm³/mol. The van der Waals surface area contributed by atoms with Crippen LogP contribution in [0.5, 0.6) is 5.75 Å². The molecule has 0 unspecified atom stereocenters. The van der Waals surface area contributed by atoms with E-state index in [-0.39, 0.29) is 22.7 Å². The molecule has 188 valence electrons. The zero-order chi connectivity index (χ0) is 25.7. The number of amides is 1. The first-order valence-corrected chi connectivity index (χ1v) is 12.7. The topological polar surface area (TPSA) is 97.0 Å². The molecule has 0 bridgehead atoms. The van der Waals surface area contributed by atoms with Gasteiger partial charge in [0, 0.05) is 23.6 Å². The van der Waals surface area contributed by atoms with Crippen molar-refractivity contribution in [3.63, 3.8) is 0 Å². The van der Waals surface area contributed by atoms with E-state index >= 15 is 0 Å². The first kappa shape index (κ1) is 24.5. The van der Waals surface area contributed by atoms with Crippen LogP contribution in [0, 0.1) is 22.7 Å². The molecular formula is C28H31ClN4O3. The van der Waals surface area contributed by atoms with E-state index in [0.29, 0.717) is 40.3 Å². The average Bonchev–Trinajstić information content (AvgIpc) is 3.73. The molecule has 0 radical (unpaired) electrons. The zero-order valence-corrected chi connectivity index (χ0v) is 21.8. The van der Waals surface area contributed by atoms with Gasteiger partial charge >= 0.3 is 5.69 Å². The van der Waals surface area contributed by atoms with Gasteiger partial charge in [0.1, 0.15) is 11.6 Å². The number of benzene rings is 2. The fraction of sp³-hybridized carbons (Fsp3) is 0.429. The van der Waals surface area contributed by atoms with Crippen molar-refractivity contribution in [1.29, 1.82) is 0 Å². The standard InChI is InChI=1S/C28H31ClN4O3/c1-27(2)22(28(27,3)4)25(34)30-14-17-7-12-21(29)20(13-17)24-31-23(32-26(35)33-24)18-8-10-19(11-9-18)36-15-16-5-6-16/h7-13,16,22H,5-6,14-15H2,1-4H3,(H,30,34)(H,31,32,33,35). The highest BCUT2D eigenvalue weighted by molar-refractivity contribution is 6.33. The van der Waals surface area contributed by atoms with Crippen LogP contribution in [0.1, 0.15) is 46.1 Å². The third-order valence-electron chi connectivity index (χ3n) is 7.98. The molecule has 5 rings (SSSR count). The summed E-state index contributed by atoms with van der Waals surface area (Å²) in [5.74, 6) is 2.10. The van der Waals surface area contributed by atoms with Crippen molar-refractivity contribution >= 4 is 17.5 Å². The summed E-state index contributed by atoms with van der Waals surface area (Å²) in [7, 11) is 0. The first-order chi connectivity index (χ1) is 17.1. The van der Waals surface area contributed by atoms with Gasteiger partial charge < -0.3 is 10.1 Å². The van der Waals surface area contributed by atoms with Gasteiger partial charge in [-0.25, -0.2) is 9.78 Å². The number of carbonyl (C=O) groups is 1. The predicted octanol–water partition coefficient (Wildman–Crippen LogP) is 5.24. The van der Waals surface area contributed by atoms with Gasteiger partial charge in [-0.2, -0.15) is 4.98 Å². The number of ether oxygens (including phenoxy) is 1. The van der Waals surface area contributed by atoms with Crippen molar-refractivity contribution in [2.75, 3.05) is 6.61 Å². The van der Waals surface area contributed by atoms with E-state index in [1.165, 1.54) is 12.8 Å². The maximum absolute atomic E-state index is 12.8. The van der Waals surface area contributed by atoms with Crippen LogP contribution in [0.4, 0.5) is 0 Å². The molecule has 1 amide bonds. The summed E-state index contributed by atoms with van der Waals surface area (Å²) in [6, 6.07) is 12.8. The van der Waals surface area contributed by atoms with Crippen LogP contribution in [0.2, 0.25) is 5.02 Å². The van der Waals surface area contributed by atoms with Crippen LogP contribution in [0.3, 0.4) is 0 Å². The number of rotatable bonds is 8. The Morgan fingerprint density at radius 3 is 2.42 bits per heavy atom. The maximum atomic E-state index is 12.8. The van der Waals surface area contributed by atoms with Crippen LogP contribution in [-0.2, 0) is 11.3 Å². The number of hydrogen-bond acceptors (Lipinski definition) is 5. The van der Waals surface area contributed by atoms with Crippen LogP contribution < -0.4 is 15.7 Å². The lowest BCUT2D eigenvalue weighted by Gasteiger charge is -2.10.